The average molecular weight is 539 g/mol. The van der Waals surface area contributed by atoms with Gasteiger partial charge >= 0.3 is 0 Å². The molecule has 0 aliphatic rings. The second-order valence-electron chi connectivity index (χ2n) is 9.90. The molecule has 0 aromatic heterocycles. The molecule has 40 heavy (non-hydrogen) atoms. The molecule has 8 nitrogen and oxygen atoms in total. The van der Waals surface area contributed by atoms with E-state index in [0.717, 1.165) is 12.1 Å². The molecule has 0 spiro atoms. The number of phenolic OH excluding ortho intramolecular Hbond substituents is 6. The molecule has 0 atom stereocenters. The lowest BCUT2D eigenvalue weighted by atomic mass is 9.86. The molecule has 8 heteroatoms. The van der Waals surface area contributed by atoms with Gasteiger partial charge in [-0.05, 0) is 61.7 Å². The van der Waals surface area contributed by atoms with E-state index in [9.17, 15) is 40.2 Å². The number of aromatic hydroxyl groups is 6. The summed E-state index contributed by atoms with van der Waals surface area (Å²) in [5.74, 6) is -4.08. The smallest absolute Gasteiger partial charge is 0.171 e. The number of hydrogen-bond acceptors (Lipinski definition) is 8. The first-order chi connectivity index (χ1) is 18.9. The van der Waals surface area contributed by atoms with Crippen LogP contribution in [0.2, 0.25) is 0 Å². The predicted molar refractivity (Wildman–Crippen MR) is 151 cm³/mol. The van der Waals surface area contributed by atoms with Crippen molar-refractivity contribution < 1.29 is 40.2 Å². The van der Waals surface area contributed by atoms with E-state index in [0.29, 0.717) is 16.7 Å². The van der Waals surface area contributed by atoms with E-state index in [-0.39, 0.29) is 61.7 Å². The van der Waals surface area contributed by atoms with Gasteiger partial charge in [0.1, 0.15) is 11.5 Å². The van der Waals surface area contributed by atoms with Crippen molar-refractivity contribution in [1.29, 1.82) is 0 Å². The summed E-state index contributed by atoms with van der Waals surface area (Å²) >= 11 is 0. The van der Waals surface area contributed by atoms with Crippen molar-refractivity contribution in [2.24, 2.45) is 0 Å². The van der Waals surface area contributed by atoms with Crippen LogP contribution in [0.3, 0.4) is 0 Å². The summed E-state index contributed by atoms with van der Waals surface area (Å²) in [7, 11) is 0. The van der Waals surface area contributed by atoms with Crippen LogP contribution in [0.15, 0.2) is 54.6 Å². The summed E-state index contributed by atoms with van der Waals surface area (Å²) in [5, 5.41) is 65.2. The number of fused-ring (bicyclic) bond motifs is 2. The van der Waals surface area contributed by atoms with Crippen LogP contribution >= 0.6 is 0 Å². The van der Waals surface area contributed by atoms with Crippen LogP contribution in [-0.2, 0) is 6.42 Å². The normalized spacial score (nSPS) is 11.3. The van der Waals surface area contributed by atoms with Gasteiger partial charge in [0.25, 0.3) is 0 Å². The van der Waals surface area contributed by atoms with E-state index in [1.54, 1.807) is 50.2 Å². The Kier molecular flexibility index (Phi) is 6.26. The minimum Gasteiger partial charge on any atom is -0.507 e. The largest absolute Gasteiger partial charge is 0.507 e. The Bertz CT molecular complexity index is 1890. The Morgan fingerprint density at radius 3 is 1.52 bits per heavy atom. The lowest BCUT2D eigenvalue weighted by Crippen LogP contribution is -2.06. The molecule has 0 unspecified atom stereocenters. The number of hydrogen-bond donors (Lipinski definition) is 6. The van der Waals surface area contributed by atoms with Crippen LogP contribution in [0.25, 0.3) is 32.7 Å². The van der Waals surface area contributed by atoms with Crippen LogP contribution in [0.1, 0.15) is 44.3 Å². The molecule has 6 N–H and O–H groups in total. The maximum atomic E-state index is 13.3. The van der Waals surface area contributed by atoms with Crippen LogP contribution in [0.4, 0.5) is 0 Å². The summed E-state index contributed by atoms with van der Waals surface area (Å²) in [4.78, 5) is 25.6. The number of benzene rings is 5. The average Bonchev–Trinajstić information content (AvgIpc) is 2.89. The topological polar surface area (TPSA) is 156 Å². The van der Waals surface area contributed by atoms with Crippen LogP contribution < -0.4 is 0 Å². The molecule has 0 fully saturated rings. The van der Waals surface area contributed by atoms with Gasteiger partial charge in [-0.15, -0.1) is 0 Å². The third kappa shape index (κ3) is 4.01. The number of carbonyl (C=O) groups is 2. The Balaban J connectivity index is 1.79. The highest BCUT2D eigenvalue weighted by Gasteiger charge is 2.27. The Hall–Kier alpha value is -5.24. The van der Waals surface area contributed by atoms with Gasteiger partial charge in [0.05, 0.1) is 11.1 Å². The van der Waals surface area contributed by atoms with Gasteiger partial charge in [0.15, 0.2) is 34.6 Å². The lowest BCUT2D eigenvalue weighted by Gasteiger charge is -2.20. The van der Waals surface area contributed by atoms with E-state index in [1.807, 2.05) is 6.07 Å². The van der Waals surface area contributed by atoms with Gasteiger partial charge in [0.2, 0.25) is 0 Å². The first kappa shape index (κ1) is 26.4. The zero-order valence-electron chi connectivity index (χ0n) is 21.9. The highest BCUT2D eigenvalue weighted by molar-refractivity contribution is 6.16. The third-order valence-corrected chi connectivity index (χ3v) is 7.22. The molecular formula is C32H26O8. The van der Waals surface area contributed by atoms with Gasteiger partial charge in [-0.25, -0.2) is 0 Å². The zero-order valence-corrected chi connectivity index (χ0v) is 21.9. The number of carbonyl (C=O) groups excluding carboxylic acids is 2. The second-order valence-corrected chi connectivity index (χ2v) is 9.90. The minimum atomic E-state index is -0.600. The molecule has 0 bridgehead atoms. The highest BCUT2D eigenvalue weighted by atomic mass is 16.3. The summed E-state index contributed by atoms with van der Waals surface area (Å²) in [5.41, 5.74) is 1.67. The molecule has 5 rings (SSSR count). The SMILES string of the molecule is CC(=O)c1c(O)c(O)cc2c(O)c(-c3c(C)cc4c(C(=O)Cc5ccccc5)c(O)c(O)cc4c3O)c(C)cc12. The van der Waals surface area contributed by atoms with Crippen LogP contribution in [0.5, 0.6) is 34.5 Å². The Morgan fingerprint density at radius 2 is 1.05 bits per heavy atom. The van der Waals surface area contributed by atoms with E-state index in [4.69, 9.17) is 0 Å². The second kappa shape index (κ2) is 9.50. The summed E-state index contributed by atoms with van der Waals surface area (Å²) in [6, 6.07) is 14.3. The van der Waals surface area contributed by atoms with Crippen molar-refractivity contribution in [3.63, 3.8) is 0 Å². The number of phenols is 6. The first-order valence-electron chi connectivity index (χ1n) is 12.4. The summed E-state index contributed by atoms with van der Waals surface area (Å²) in [6.07, 6.45) is -0.0477. The first-order valence-corrected chi connectivity index (χ1v) is 12.4. The van der Waals surface area contributed by atoms with Crippen molar-refractivity contribution >= 4 is 33.1 Å². The molecule has 0 saturated carbocycles. The number of ketones is 2. The van der Waals surface area contributed by atoms with Crippen molar-refractivity contribution in [1.82, 2.24) is 0 Å². The summed E-state index contributed by atoms with van der Waals surface area (Å²) in [6.45, 7) is 4.53. The highest BCUT2D eigenvalue weighted by Crippen LogP contribution is 2.51. The standard InChI is InChI=1S/C32H26O8/c1-14-9-18-20(12-23(35)31(39)27(18)16(3)33)29(37)25(14)26-15(2)10-19-21(30(26)38)13-24(36)32(40)28(19)22(34)11-17-7-5-4-6-8-17/h4-10,12-13,35-40H,11H2,1-3H3. The predicted octanol–water partition coefficient (Wildman–Crippen LogP) is 6.14. The molecule has 0 aliphatic carbocycles. The van der Waals surface area contributed by atoms with E-state index < -0.39 is 34.6 Å². The summed E-state index contributed by atoms with van der Waals surface area (Å²) < 4.78 is 0. The fraction of sp³-hybridized carbons (Fsp3) is 0.125. The van der Waals surface area contributed by atoms with Gasteiger partial charge in [-0.2, -0.15) is 0 Å². The maximum Gasteiger partial charge on any atom is 0.171 e. The Morgan fingerprint density at radius 1 is 0.600 bits per heavy atom. The minimum absolute atomic E-state index is 0.0477. The molecular weight excluding hydrogens is 512 g/mol. The molecule has 0 amide bonds. The lowest BCUT2D eigenvalue weighted by molar-refractivity contribution is 0.0988. The molecule has 0 aliphatic heterocycles. The molecule has 0 heterocycles. The van der Waals surface area contributed by atoms with Crippen molar-refractivity contribution in [2.45, 2.75) is 27.2 Å². The fourth-order valence-electron chi connectivity index (χ4n) is 5.40. The van der Waals surface area contributed by atoms with Gasteiger partial charge in [-0.3, -0.25) is 9.59 Å². The van der Waals surface area contributed by atoms with E-state index in [1.165, 1.54) is 6.92 Å². The van der Waals surface area contributed by atoms with Crippen molar-refractivity contribution in [3.8, 4) is 45.6 Å². The monoisotopic (exact) mass is 538 g/mol. The number of aryl methyl sites for hydroxylation is 2. The van der Waals surface area contributed by atoms with Gasteiger partial charge in [0, 0.05) is 39.1 Å². The van der Waals surface area contributed by atoms with E-state index >= 15 is 0 Å². The fourth-order valence-corrected chi connectivity index (χ4v) is 5.40. The number of Topliss-reactive ketones (excluding diaryl/α,β-unsaturated/α-hetero) is 2. The quantitative estimate of drug-likeness (QED) is 0.115. The molecule has 5 aromatic rings. The van der Waals surface area contributed by atoms with Crippen molar-refractivity contribution in [2.75, 3.05) is 0 Å². The van der Waals surface area contributed by atoms with Gasteiger partial charge in [-0.1, -0.05) is 30.3 Å². The zero-order chi connectivity index (χ0) is 29.0. The third-order valence-electron chi connectivity index (χ3n) is 7.22. The van der Waals surface area contributed by atoms with Crippen molar-refractivity contribution in [3.05, 3.63) is 82.4 Å². The number of rotatable bonds is 5. The maximum absolute atomic E-state index is 13.3. The van der Waals surface area contributed by atoms with E-state index in [2.05, 4.69) is 0 Å². The molecule has 5 aromatic carbocycles. The Labute approximate surface area is 228 Å². The molecule has 0 radical (unpaired) electrons. The van der Waals surface area contributed by atoms with Crippen LogP contribution in [-0.4, -0.2) is 42.2 Å². The van der Waals surface area contributed by atoms with Crippen LogP contribution in [0, 0.1) is 13.8 Å². The molecule has 0 saturated heterocycles. The molecule has 202 valence electrons. The van der Waals surface area contributed by atoms with Gasteiger partial charge < -0.3 is 30.6 Å².